The Morgan fingerprint density at radius 2 is 1.86 bits per heavy atom. The van der Waals surface area contributed by atoms with Gasteiger partial charge in [-0.1, -0.05) is 18.2 Å². The van der Waals surface area contributed by atoms with Gasteiger partial charge in [-0.05, 0) is 59.3 Å². The number of carboxylic acid groups (broad SMARTS) is 1. The van der Waals surface area contributed by atoms with Crippen molar-refractivity contribution >= 4 is 44.3 Å². The van der Waals surface area contributed by atoms with Crippen LogP contribution < -0.4 is 4.72 Å². The topological polar surface area (TPSA) is 83.5 Å². The van der Waals surface area contributed by atoms with Crippen LogP contribution in [0.3, 0.4) is 0 Å². The zero-order valence-corrected chi connectivity index (χ0v) is 14.0. The Morgan fingerprint density at radius 3 is 2.48 bits per heavy atom. The maximum Gasteiger partial charge on any atom is 0.335 e. The minimum Gasteiger partial charge on any atom is -0.478 e. The molecular weight excluding hydrogens is 405 g/mol. The summed E-state index contributed by atoms with van der Waals surface area (Å²) in [5.74, 6) is -1.15. The van der Waals surface area contributed by atoms with E-state index in [1.54, 1.807) is 31.2 Å². The van der Waals surface area contributed by atoms with Gasteiger partial charge in [-0.15, -0.1) is 0 Å². The van der Waals surface area contributed by atoms with Gasteiger partial charge in [0.1, 0.15) is 0 Å². The van der Waals surface area contributed by atoms with E-state index in [2.05, 4.69) is 4.72 Å². The molecule has 7 heteroatoms. The van der Waals surface area contributed by atoms with Gasteiger partial charge in [0.05, 0.1) is 16.1 Å². The van der Waals surface area contributed by atoms with E-state index < -0.39 is 16.0 Å². The summed E-state index contributed by atoms with van der Waals surface area (Å²) in [4.78, 5) is 11.0. The lowest BCUT2D eigenvalue weighted by Gasteiger charge is -2.11. The number of carbonyl (C=O) groups is 1. The molecule has 2 rings (SSSR count). The van der Waals surface area contributed by atoms with Crippen molar-refractivity contribution < 1.29 is 18.3 Å². The molecule has 2 aromatic carbocycles. The van der Waals surface area contributed by atoms with Crippen molar-refractivity contribution in [2.45, 2.75) is 11.8 Å². The Hall–Kier alpha value is -1.61. The Bertz CT molecular complexity index is 802. The van der Waals surface area contributed by atoms with Gasteiger partial charge in [0.15, 0.2) is 0 Å². The molecule has 0 aliphatic rings. The van der Waals surface area contributed by atoms with Crippen LogP contribution in [0.5, 0.6) is 0 Å². The van der Waals surface area contributed by atoms with E-state index >= 15 is 0 Å². The maximum atomic E-state index is 12.3. The molecule has 0 amide bonds. The van der Waals surface area contributed by atoms with Gasteiger partial charge in [0.2, 0.25) is 0 Å². The Labute approximate surface area is 136 Å². The number of anilines is 1. The fourth-order valence-electron chi connectivity index (χ4n) is 1.75. The van der Waals surface area contributed by atoms with Gasteiger partial charge in [-0.3, -0.25) is 4.72 Å². The van der Waals surface area contributed by atoms with Crippen LogP contribution >= 0.6 is 22.6 Å². The van der Waals surface area contributed by atoms with E-state index in [9.17, 15) is 13.2 Å². The molecule has 0 aliphatic carbocycles. The van der Waals surface area contributed by atoms with Crippen molar-refractivity contribution in [3.05, 3.63) is 57.2 Å². The number of nitrogens with one attached hydrogen (secondary N) is 1. The van der Waals surface area contributed by atoms with Crippen LogP contribution in [0.2, 0.25) is 0 Å². The number of halogens is 1. The highest BCUT2D eigenvalue weighted by Gasteiger charge is 2.18. The fourth-order valence-corrected chi connectivity index (χ4v) is 3.56. The van der Waals surface area contributed by atoms with E-state index in [1.165, 1.54) is 12.1 Å². The summed E-state index contributed by atoms with van der Waals surface area (Å²) in [5, 5.41) is 9.07. The second kappa shape index (κ2) is 6.02. The van der Waals surface area contributed by atoms with Crippen LogP contribution in [0.15, 0.2) is 47.4 Å². The van der Waals surface area contributed by atoms with Crippen molar-refractivity contribution in [2.24, 2.45) is 0 Å². The predicted octanol–water partition coefficient (Wildman–Crippen LogP) is 3.10. The van der Waals surface area contributed by atoms with E-state index in [0.29, 0.717) is 11.3 Å². The molecule has 0 aliphatic heterocycles. The Kier molecular flexibility index (Phi) is 4.52. The first-order valence-electron chi connectivity index (χ1n) is 5.92. The van der Waals surface area contributed by atoms with Gasteiger partial charge >= 0.3 is 5.97 Å². The van der Waals surface area contributed by atoms with Crippen LogP contribution in [0.25, 0.3) is 0 Å². The first-order chi connectivity index (χ1) is 9.81. The SMILES string of the molecule is Cc1ccc(S(=O)(=O)Nc2ccccc2I)cc1C(=O)O. The van der Waals surface area contributed by atoms with Gasteiger partial charge in [-0.2, -0.15) is 0 Å². The number of para-hydroxylation sites is 1. The van der Waals surface area contributed by atoms with Crippen LogP contribution in [-0.4, -0.2) is 19.5 Å². The maximum absolute atomic E-state index is 12.3. The molecule has 21 heavy (non-hydrogen) atoms. The zero-order valence-electron chi connectivity index (χ0n) is 11.0. The lowest BCUT2D eigenvalue weighted by molar-refractivity contribution is 0.0696. The molecule has 0 spiro atoms. The average Bonchev–Trinajstić information content (AvgIpc) is 2.41. The fraction of sp³-hybridized carbons (Fsp3) is 0.0714. The molecule has 110 valence electrons. The third kappa shape index (κ3) is 3.53. The van der Waals surface area contributed by atoms with Crippen LogP contribution in [-0.2, 0) is 10.0 Å². The van der Waals surface area contributed by atoms with E-state index in [-0.39, 0.29) is 10.5 Å². The smallest absolute Gasteiger partial charge is 0.335 e. The van der Waals surface area contributed by atoms with Crippen LogP contribution in [0.1, 0.15) is 15.9 Å². The summed E-state index contributed by atoms with van der Waals surface area (Å²) in [6.07, 6.45) is 0. The van der Waals surface area contributed by atoms with Crippen molar-refractivity contribution in [2.75, 3.05) is 4.72 Å². The van der Waals surface area contributed by atoms with Crippen molar-refractivity contribution in [3.8, 4) is 0 Å². The van der Waals surface area contributed by atoms with Gasteiger partial charge < -0.3 is 5.11 Å². The molecule has 0 saturated heterocycles. The molecule has 0 radical (unpaired) electrons. The minimum absolute atomic E-state index is 0.0272. The van der Waals surface area contributed by atoms with E-state index in [1.807, 2.05) is 22.6 Å². The molecule has 0 aromatic heterocycles. The first kappa shape index (κ1) is 15.8. The van der Waals surface area contributed by atoms with Crippen molar-refractivity contribution in [1.82, 2.24) is 0 Å². The standard InChI is InChI=1S/C14H12INO4S/c1-9-6-7-10(8-11(9)14(17)18)21(19,20)16-13-5-3-2-4-12(13)15/h2-8,16H,1H3,(H,17,18). The monoisotopic (exact) mass is 417 g/mol. The predicted molar refractivity (Wildman–Crippen MR) is 88.1 cm³/mol. The number of carboxylic acids is 1. The molecule has 2 aromatic rings. The third-order valence-electron chi connectivity index (χ3n) is 2.87. The summed E-state index contributed by atoms with van der Waals surface area (Å²) in [6, 6.07) is 11.0. The van der Waals surface area contributed by atoms with Crippen molar-refractivity contribution in [1.29, 1.82) is 0 Å². The van der Waals surface area contributed by atoms with Gasteiger partial charge in [0.25, 0.3) is 10.0 Å². The largest absolute Gasteiger partial charge is 0.478 e. The molecule has 2 N–H and O–H groups in total. The molecular formula is C14H12INO4S. The molecule has 0 atom stereocenters. The number of hydrogen-bond donors (Lipinski definition) is 2. The van der Waals surface area contributed by atoms with Crippen molar-refractivity contribution in [3.63, 3.8) is 0 Å². The summed E-state index contributed by atoms with van der Waals surface area (Å²) < 4.78 is 27.9. The summed E-state index contributed by atoms with van der Waals surface area (Å²) >= 11 is 2.02. The molecule has 0 heterocycles. The lowest BCUT2D eigenvalue weighted by atomic mass is 10.1. The van der Waals surface area contributed by atoms with Gasteiger partial charge in [0, 0.05) is 3.57 Å². The zero-order chi connectivity index (χ0) is 15.6. The van der Waals surface area contributed by atoms with E-state index in [4.69, 9.17) is 5.11 Å². The summed E-state index contributed by atoms with van der Waals surface area (Å²) in [7, 11) is -3.83. The number of aryl methyl sites for hydroxylation is 1. The number of aromatic carboxylic acids is 1. The molecule has 0 saturated carbocycles. The quantitative estimate of drug-likeness (QED) is 0.750. The highest BCUT2D eigenvalue weighted by molar-refractivity contribution is 14.1. The Balaban J connectivity index is 2.43. The summed E-state index contributed by atoms with van der Waals surface area (Å²) in [6.45, 7) is 1.62. The number of rotatable bonds is 4. The molecule has 5 nitrogen and oxygen atoms in total. The number of hydrogen-bond acceptors (Lipinski definition) is 3. The molecule has 0 fully saturated rings. The third-order valence-corrected chi connectivity index (χ3v) is 5.17. The minimum atomic E-state index is -3.83. The lowest BCUT2D eigenvalue weighted by Crippen LogP contribution is -2.15. The van der Waals surface area contributed by atoms with Crippen LogP contribution in [0.4, 0.5) is 5.69 Å². The molecule has 0 unspecified atom stereocenters. The van der Waals surface area contributed by atoms with Crippen LogP contribution in [0, 0.1) is 10.5 Å². The van der Waals surface area contributed by atoms with E-state index in [0.717, 1.165) is 9.64 Å². The second-order valence-electron chi connectivity index (χ2n) is 4.37. The number of benzene rings is 2. The normalized spacial score (nSPS) is 11.1. The molecule has 0 bridgehead atoms. The average molecular weight is 417 g/mol. The number of sulfonamides is 1. The highest BCUT2D eigenvalue weighted by atomic mass is 127. The van der Waals surface area contributed by atoms with Gasteiger partial charge in [-0.25, -0.2) is 13.2 Å². The highest BCUT2D eigenvalue weighted by Crippen LogP contribution is 2.22. The summed E-state index contributed by atoms with van der Waals surface area (Å²) in [5.41, 5.74) is 0.937. The first-order valence-corrected chi connectivity index (χ1v) is 8.49. The second-order valence-corrected chi connectivity index (χ2v) is 7.21. The Morgan fingerprint density at radius 1 is 1.19 bits per heavy atom.